The molecule has 0 saturated heterocycles. The van der Waals surface area contributed by atoms with Crippen LogP contribution in [0.4, 0.5) is 5.69 Å². The fraction of sp³-hybridized carbons (Fsp3) is 0.500. The highest BCUT2D eigenvalue weighted by Gasteiger charge is 2.23. The summed E-state index contributed by atoms with van der Waals surface area (Å²) >= 11 is 0. The van der Waals surface area contributed by atoms with Gasteiger partial charge >= 0.3 is 5.97 Å². The number of nitrogens with one attached hydrogen (secondary N) is 2. The Morgan fingerprint density at radius 2 is 2.00 bits per heavy atom. The van der Waals surface area contributed by atoms with Crippen LogP contribution in [0, 0.1) is 0 Å². The van der Waals surface area contributed by atoms with E-state index in [0.29, 0.717) is 24.8 Å². The molecular formula is C20H27N2O3+. The van der Waals surface area contributed by atoms with Gasteiger partial charge in [0.2, 0.25) is 5.52 Å². The summed E-state index contributed by atoms with van der Waals surface area (Å²) < 4.78 is 10.9. The van der Waals surface area contributed by atoms with Crippen molar-refractivity contribution in [2.45, 2.75) is 52.0 Å². The van der Waals surface area contributed by atoms with Crippen molar-refractivity contribution in [3.8, 4) is 5.75 Å². The summed E-state index contributed by atoms with van der Waals surface area (Å²) in [6.07, 6.45) is 7.76. The third-order valence-electron chi connectivity index (χ3n) is 4.66. The van der Waals surface area contributed by atoms with Crippen LogP contribution in [0.2, 0.25) is 0 Å². The molecule has 0 radical (unpaired) electrons. The van der Waals surface area contributed by atoms with Gasteiger partial charge in [-0.15, -0.1) is 0 Å². The van der Waals surface area contributed by atoms with Crippen LogP contribution in [0.25, 0.3) is 10.9 Å². The fourth-order valence-corrected chi connectivity index (χ4v) is 3.46. The predicted octanol–water partition coefficient (Wildman–Crippen LogP) is 3.97. The van der Waals surface area contributed by atoms with E-state index in [0.717, 1.165) is 35.2 Å². The van der Waals surface area contributed by atoms with E-state index in [1.165, 1.54) is 19.3 Å². The molecule has 0 aliphatic heterocycles. The van der Waals surface area contributed by atoms with Crippen LogP contribution in [0.1, 0.15) is 56.3 Å². The lowest BCUT2D eigenvalue weighted by Gasteiger charge is -2.25. The smallest absolute Gasteiger partial charge is 0.346 e. The number of fused-ring (bicyclic) bond motifs is 1. The summed E-state index contributed by atoms with van der Waals surface area (Å²) in [5.41, 5.74) is 2.36. The Bertz CT molecular complexity index is 739. The zero-order chi connectivity index (χ0) is 17.6. The predicted molar refractivity (Wildman–Crippen MR) is 98.1 cm³/mol. The second-order valence-electron chi connectivity index (χ2n) is 6.42. The molecule has 1 saturated carbocycles. The highest BCUT2D eigenvalue weighted by atomic mass is 16.5. The van der Waals surface area contributed by atoms with Gasteiger partial charge < -0.3 is 14.8 Å². The van der Waals surface area contributed by atoms with Gasteiger partial charge in [0.25, 0.3) is 0 Å². The van der Waals surface area contributed by atoms with Crippen LogP contribution in [0.5, 0.6) is 5.75 Å². The first kappa shape index (κ1) is 17.5. The molecule has 1 aliphatic rings. The molecule has 5 nitrogen and oxygen atoms in total. The summed E-state index contributed by atoms with van der Waals surface area (Å²) in [4.78, 5) is 15.7. The van der Waals surface area contributed by atoms with Gasteiger partial charge in [0.15, 0.2) is 6.20 Å². The topological polar surface area (TPSA) is 61.7 Å². The Morgan fingerprint density at radius 3 is 2.72 bits per heavy atom. The van der Waals surface area contributed by atoms with Crippen LogP contribution in [-0.4, -0.2) is 25.2 Å². The number of aromatic nitrogens is 1. The maximum absolute atomic E-state index is 12.4. The molecule has 1 aromatic carbocycles. The van der Waals surface area contributed by atoms with Gasteiger partial charge in [0, 0.05) is 12.1 Å². The molecule has 2 N–H and O–H groups in total. The van der Waals surface area contributed by atoms with Gasteiger partial charge in [-0.3, -0.25) is 0 Å². The number of aromatic amines is 1. The molecule has 134 valence electrons. The maximum Gasteiger partial charge on any atom is 0.346 e. The molecule has 1 aromatic heterocycles. The Balaban J connectivity index is 2.05. The van der Waals surface area contributed by atoms with Crippen LogP contribution in [0.3, 0.4) is 0 Å². The lowest BCUT2D eigenvalue weighted by Crippen LogP contribution is -2.25. The Hall–Kier alpha value is -2.30. The molecule has 0 atom stereocenters. The first-order valence-corrected chi connectivity index (χ1v) is 9.27. The molecule has 0 amide bonds. The van der Waals surface area contributed by atoms with Crippen molar-refractivity contribution in [2.24, 2.45) is 0 Å². The van der Waals surface area contributed by atoms with E-state index in [2.05, 4.69) is 10.3 Å². The van der Waals surface area contributed by atoms with Gasteiger partial charge in [-0.05, 0) is 38.8 Å². The van der Waals surface area contributed by atoms with E-state index in [1.54, 1.807) is 6.20 Å². The zero-order valence-corrected chi connectivity index (χ0v) is 15.1. The summed E-state index contributed by atoms with van der Waals surface area (Å²) in [6.45, 7) is 4.76. The molecule has 5 heteroatoms. The Labute approximate surface area is 148 Å². The maximum atomic E-state index is 12.4. The van der Waals surface area contributed by atoms with Crippen LogP contribution >= 0.6 is 0 Å². The van der Waals surface area contributed by atoms with Crippen LogP contribution in [-0.2, 0) is 4.74 Å². The lowest BCUT2D eigenvalue weighted by molar-refractivity contribution is -0.344. The highest BCUT2D eigenvalue weighted by molar-refractivity contribution is 6.04. The van der Waals surface area contributed by atoms with Crippen molar-refractivity contribution in [1.82, 2.24) is 0 Å². The lowest BCUT2D eigenvalue weighted by atomic mass is 9.94. The second-order valence-corrected chi connectivity index (χ2v) is 6.42. The average Bonchev–Trinajstić information content (AvgIpc) is 2.63. The van der Waals surface area contributed by atoms with Gasteiger partial charge in [0.1, 0.15) is 11.3 Å². The number of hydrogen-bond donors (Lipinski definition) is 1. The highest BCUT2D eigenvalue weighted by Crippen LogP contribution is 2.31. The van der Waals surface area contributed by atoms with E-state index in [1.807, 2.05) is 32.0 Å². The number of pyridine rings is 1. The standard InChI is InChI=1S/C20H26N2O3/c1-3-24-15-10-11-18-16(12-15)19(22-14-8-6-5-7-9-14)17(13-21-18)20(23)25-4-2/h10-14H,3-9H2,1-2H3,(H,21,22)/p+1. The van der Waals surface area contributed by atoms with Crippen LogP contribution < -0.4 is 15.0 Å². The Kier molecular flexibility index (Phi) is 5.74. The monoisotopic (exact) mass is 343 g/mol. The summed E-state index contributed by atoms with van der Waals surface area (Å²) in [5, 5.41) is 4.58. The van der Waals surface area contributed by atoms with Crippen LogP contribution in [0.15, 0.2) is 24.4 Å². The minimum atomic E-state index is -0.305. The molecule has 0 bridgehead atoms. The van der Waals surface area contributed by atoms with Crippen molar-refractivity contribution >= 4 is 22.6 Å². The van der Waals surface area contributed by atoms with E-state index >= 15 is 0 Å². The molecule has 25 heavy (non-hydrogen) atoms. The fourth-order valence-electron chi connectivity index (χ4n) is 3.46. The number of hydrogen-bond acceptors (Lipinski definition) is 4. The number of rotatable bonds is 6. The third-order valence-corrected chi connectivity index (χ3v) is 4.66. The summed E-state index contributed by atoms with van der Waals surface area (Å²) in [6, 6.07) is 6.31. The number of ether oxygens (including phenoxy) is 2. The van der Waals surface area contributed by atoms with E-state index in [-0.39, 0.29) is 5.97 Å². The Morgan fingerprint density at radius 1 is 1.20 bits per heavy atom. The molecule has 1 fully saturated rings. The summed E-state index contributed by atoms with van der Waals surface area (Å²) in [7, 11) is 0. The molecular weight excluding hydrogens is 316 g/mol. The molecule has 0 spiro atoms. The largest absolute Gasteiger partial charge is 0.494 e. The van der Waals surface area contributed by atoms with E-state index in [4.69, 9.17) is 9.47 Å². The van der Waals surface area contributed by atoms with Gasteiger partial charge in [-0.25, -0.2) is 9.78 Å². The quantitative estimate of drug-likeness (QED) is 0.806. The molecule has 0 unspecified atom stereocenters. The number of H-pyrrole nitrogens is 1. The van der Waals surface area contributed by atoms with Crippen molar-refractivity contribution in [1.29, 1.82) is 0 Å². The number of esters is 1. The summed E-state index contributed by atoms with van der Waals surface area (Å²) in [5.74, 6) is 0.497. The molecule has 2 aromatic rings. The molecule has 1 aliphatic carbocycles. The molecule has 3 rings (SSSR count). The third kappa shape index (κ3) is 4.03. The minimum absolute atomic E-state index is 0.305. The first-order valence-electron chi connectivity index (χ1n) is 9.27. The minimum Gasteiger partial charge on any atom is -0.494 e. The number of carbonyl (C=O) groups excluding carboxylic acids is 1. The van der Waals surface area contributed by atoms with Crippen molar-refractivity contribution in [2.75, 3.05) is 18.5 Å². The van der Waals surface area contributed by atoms with Crippen molar-refractivity contribution in [3.05, 3.63) is 30.0 Å². The number of anilines is 1. The number of carbonyl (C=O) groups is 1. The van der Waals surface area contributed by atoms with Gasteiger partial charge in [0.05, 0.1) is 24.3 Å². The van der Waals surface area contributed by atoms with Crippen molar-refractivity contribution in [3.63, 3.8) is 0 Å². The molecule has 1 heterocycles. The SMILES string of the molecule is CCOC(=O)c1c[nH+]c2ccc(OCC)cc2c1NC1CCCCC1. The first-order chi connectivity index (χ1) is 12.2. The van der Waals surface area contributed by atoms with E-state index < -0.39 is 0 Å². The number of benzene rings is 1. The van der Waals surface area contributed by atoms with Crippen molar-refractivity contribution < 1.29 is 19.3 Å². The van der Waals surface area contributed by atoms with E-state index in [9.17, 15) is 4.79 Å². The van der Waals surface area contributed by atoms with Gasteiger partial charge in [-0.2, -0.15) is 0 Å². The average molecular weight is 343 g/mol. The second kappa shape index (κ2) is 8.19. The van der Waals surface area contributed by atoms with Gasteiger partial charge in [-0.1, -0.05) is 19.3 Å². The normalized spacial score (nSPS) is 15.1. The zero-order valence-electron chi connectivity index (χ0n) is 15.1.